The molecule has 292 valence electrons. The van der Waals surface area contributed by atoms with Crippen LogP contribution < -0.4 is 38.5 Å². The molecule has 0 saturated carbocycles. The Hall–Kier alpha value is -5.18. The molecule has 0 heterocycles. The molecule has 0 aliphatic carbocycles. The summed E-state index contributed by atoms with van der Waals surface area (Å²) in [4.78, 5) is 65.7. The van der Waals surface area contributed by atoms with Gasteiger partial charge in [0, 0.05) is 30.0 Å². The van der Waals surface area contributed by atoms with Crippen molar-refractivity contribution in [2.75, 3.05) is 13.1 Å². The molecule has 3 rings (SSSR count). The predicted octanol–water partition coefficient (Wildman–Crippen LogP) is 2.55. The van der Waals surface area contributed by atoms with E-state index in [0.717, 1.165) is 5.56 Å². The van der Waals surface area contributed by atoms with Crippen molar-refractivity contribution in [2.24, 2.45) is 17.2 Å². The summed E-state index contributed by atoms with van der Waals surface area (Å²) in [6, 6.07) is 14.8. The standard InChI is InChI=1S/C39H52ClN7O7/c1-24-19-28(48)20-25(2)29(24)22-34(47-36(50)31(42)15-10-17-41)38(52)45-32(37(51)46-33(35(43)49)21-26-11-4-3-5-12-26)16-8-9-18-44-39(53)54-23-27-13-6-7-14-30(27)40/h3-7,11-14,19-20,31-34,48H,8-10,15-18,21-23,41-42H2,1-2H3,(H2,43,49)(H,44,53)(H,45,52)(H,46,51)(H,47,50)/t31-,32+,33+,34+/m1/s1. The van der Waals surface area contributed by atoms with Crippen LogP contribution >= 0.6 is 11.6 Å². The lowest BCUT2D eigenvalue weighted by atomic mass is 9.95. The summed E-state index contributed by atoms with van der Waals surface area (Å²) in [6.45, 7) is 4.09. The smallest absolute Gasteiger partial charge is 0.407 e. The quantitative estimate of drug-likeness (QED) is 0.0743. The zero-order valence-electron chi connectivity index (χ0n) is 30.7. The van der Waals surface area contributed by atoms with Crippen molar-refractivity contribution < 1.29 is 33.8 Å². The third-order valence-corrected chi connectivity index (χ3v) is 9.23. The SMILES string of the molecule is Cc1cc(O)cc(C)c1C[C@H](NC(=O)[C@H](N)CCCN)C(=O)N[C@@H](CCCCNC(=O)OCc1ccccc1Cl)C(=O)N[C@@H](Cc1ccccc1)C(N)=O. The molecule has 4 atom stereocenters. The number of amides is 5. The largest absolute Gasteiger partial charge is 0.508 e. The Labute approximate surface area is 320 Å². The first-order valence-electron chi connectivity index (χ1n) is 17.9. The summed E-state index contributed by atoms with van der Waals surface area (Å²) in [7, 11) is 0. The zero-order chi connectivity index (χ0) is 39.6. The van der Waals surface area contributed by atoms with Gasteiger partial charge >= 0.3 is 6.09 Å². The maximum atomic E-state index is 14.0. The first-order valence-corrected chi connectivity index (χ1v) is 18.3. The van der Waals surface area contributed by atoms with Crippen molar-refractivity contribution in [1.82, 2.24) is 21.3 Å². The molecule has 0 spiro atoms. The predicted molar refractivity (Wildman–Crippen MR) is 206 cm³/mol. The molecular weight excluding hydrogens is 714 g/mol. The molecule has 0 radical (unpaired) electrons. The summed E-state index contributed by atoms with van der Waals surface area (Å²) in [5, 5.41) is 21.4. The van der Waals surface area contributed by atoms with Crippen LogP contribution in [-0.2, 0) is 43.4 Å². The van der Waals surface area contributed by atoms with E-state index in [2.05, 4.69) is 21.3 Å². The molecule has 54 heavy (non-hydrogen) atoms. The highest BCUT2D eigenvalue weighted by atomic mass is 35.5. The van der Waals surface area contributed by atoms with Crippen molar-refractivity contribution in [2.45, 2.75) is 89.6 Å². The highest BCUT2D eigenvalue weighted by Crippen LogP contribution is 2.22. The van der Waals surface area contributed by atoms with Crippen LogP contribution in [0.5, 0.6) is 5.75 Å². The first-order chi connectivity index (χ1) is 25.8. The number of halogens is 1. The Kier molecular flexibility index (Phi) is 17.7. The highest BCUT2D eigenvalue weighted by molar-refractivity contribution is 6.31. The Morgan fingerprint density at radius 2 is 1.39 bits per heavy atom. The van der Waals surface area contributed by atoms with Gasteiger partial charge in [0.25, 0.3) is 0 Å². The van der Waals surface area contributed by atoms with Gasteiger partial charge in [0.2, 0.25) is 23.6 Å². The van der Waals surface area contributed by atoms with Gasteiger partial charge in [-0.15, -0.1) is 0 Å². The van der Waals surface area contributed by atoms with Gasteiger partial charge in [-0.25, -0.2) is 4.79 Å². The number of carbonyl (C=O) groups is 5. The molecule has 11 N–H and O–H groups in total. The number of primary amides is 1. The van der Waals surface area contributed by atoms with Crippen molar-refractivity contribution >= 4 is 41.3 Å². The number of hydrogen-bond acceptors (Lipinski definition) is 9. The molecule has 0 saturated heterocycles. The molecule has 5 amide bonds. The maximum absolute atomic E-state index is 14.0. The minimum Gasteiger partial charge on any atom is -0.508 e. The van der Waals surface area contributed by atoms with Gasteiger partial charge in [0.05, 0.1) is 6.04 Å². The van der Waals surface area contributed by atoms with Gasteiger partial charge in [0.15, 0.2) is 0 Å². The maximum Gasteiger partial charge on any atom is 0.407 e. The van der Waals surface area contributed by atoms with E-state index in [4.69, 9.17) is 33.5 Å². The average molecular weight is 766 g/mol. The number of alkyl carbamates (subject to hydrolysis) is 1. The van der Waals surface area contributed by atoms with Gasteiger partial charge in [-0.05, 0) is 92.9 Å². The van der Waals surface area contributed by atoms with Crippen molar-refractivity contribution in [1.29, 1.82) is 0 Å². The fraction of sp³-hybridized carbons (Fsp3) is 0.410. The minimum absolute atomic E-state index is 0.0113. The summed E-state index contributed by atoms with van der Waals surface area (Å²) < 4.78 is 5.25. The molecule has 0 fully saturated rings. The number of aryl methyl sites for hydroxylation is 2. The summed E-state index contributed by atoms with van der Waals surface area (Å²) in [6.07, 6.45) is 1.20. The lowest BCUT2D eigenvalue weighted by Gasteiger charge is -2.26. The topological polar surface area (TPSA) is 241 Å². The van der Waals surface area contributed by atoms with Gasteiger partial charge < -0.3 is 48.3 Å². The normalized spacial score (nSPS) is 13.1. The Morgan fingerprint density at radius 3 is 2.04 bits per heavy atom. The van der Waals surface area contributed by atoms with Crippen LogP contribution in [-0.4, -0.2) is 72.1 Å². The summed E-state index contributed by atoms with van der Waals surface area (Å²) in [5.74, 6) is -2.59. The molecule has 0 aliphatic heterocycles. The van der Waals surface area contributed by atoms with E-state index >= 15 is 0 Å². The zero-order valence-corrected chi connectivity index (χ0v) is 31.5. The van der Waals surface area contributed by atoms with E-state index < -0.39 is 53.9 Å². The van der Waals surface area contributed by atoms with Gasteiger partial charge in [-0.2, -0.15) is 0 Å². The van der Waals surface area contributed by atoms with Crippen LogP contribution in [0.2, 0.25) is 5.02 Å². The Bertz CT molecular complexity index is 1700. The monoisotopic (exact) mass is 765 g/mol. The van der Waals surface area contributed by atoms with Crippen LogP contribution in [0, 0.1) is 13.8 Å². The number of phenolic OH excluding ortho intramolecular Hbond substituents is 1. The third kappa shape index (κ3) is 14.3. The van der Waals surface area contributed by atoms with E-state index in [1.165, 1.54) is 0 Å². The Morgan fingerprint density at radius 1 is 0.778 bits per heavy atom. The second kappa shape index (κ2) is 22.1. The second-order valence-corrected chi connectivity index (χ2v) is 13.6. The molecule has 14 nitrogen and oxygen atoms in total. The van der Waals surface area contributed by atoms with Crippen LogP contribution in [0.25, 0.3) is 0 Å². The lowest BCUT2D eigenvalue weighted by molar-refractivity contribution is -0.133. The molecule has 15 heteroatoms. The summed E-state index contributed by atoms with van der Waals surface area (Å²) in [5.41, 5.74) is 20.9. The number of hydrogen-bond donors (Lipinski definition) is 8. The summed E-state index contributed by atoms with van der Waals surface area (Å²) >= 11 is 6.13. The van der Waals surface area contributed by atoms with E-state index in [1.54, 1.807) is 74.5 Å². The molecule has 3 aromatic rings. The van der Waals surface area contributed by atoms with Crippen molar-refractivity contribution in [3.63, 3.8) is 0 Å². The molecule has 3 aromatic carbocycles. The van der Waals surface area contributed by atoms with E-state index in [1.807, 2.05) is 6.07 Å². The number of ether oxygens (including phenoxy) is 1. The number of nitrogens with one attached hydrogen (secondary N) is 4. The Balaban J connectivity index is 1.77. The van der Waals surface area contributed by atoms with Crippen molar-refractivity contribution in [3.05, 3.63) is 99.6 Å². The molecule has 0 aliphatic rings. The van der Waals surface area contributed by atoms with E-state index in [0.29, 0.717) is 59.5 Å². The van der Waals surface area contributed by atoms with Gasteiger partial charge in [-0.3, -0.25) is 19.2 Å². The number of nitrogens with two attached hydrogens (primary N) is 3. The number of phenols is 1. The van der Waals surface area contributed by atoms with Gasteiger partial charge in [0.1, 0.15) is 30.5 Å². The molecule has 0 unspecified atom stereocenters. The number of carbonyl (C=O) groups excluding carboxylic acids is 5. The minimum atomic E-state index is -1.16. The van der Waals surface area contributed by atoms with Gasteiger partial charge in [-0.1, -0.05) is 60.1 Å². The van der Waals surface area contributed by atoms with Crippen LogP contribution in [0.4, 0.5) is 4.79 Å². The number of benzene rings is 3. The van der Waals surface area contributed by atoms with E-state index in [-0.39, 0.29) is 38.2 Å². The number of unbranched alkanes of at least 4 members (excludes halogenated alkanes) is 1. The fourth-order valence-corrected chi connectivity index (χ4v) is 6.00. The number of aromatic hydroxyl groups is 1. The third-order valence-electron chi connectivity index (χ3n) is 8.86. The van der Waals surface area contributed by atoms with Crippen LogP contribution in [0.3, 0.4) is 0 Å². The molecule has 0 bridgehead atoms. The van der Waals surface area contributed by atoms with Crippen LogP contribution in [0.15, 0.2) is 66.7 Å². The molecule has 0 aromatic heterocycles. The van der Waals surface area contributed by atoms with Crippen molar-refractivity contribution in [3.8, 4) is 5.75 Å². The number of rotatable bonds is 21. The lowest BCUT2D eigenvalue weighted by Crippen LogP contribution is -2.58. The highest BCUT2D eigenvalue weighted by Gasteiger charge is 2.31. The first kappa shape index (κ1) is 43.2. The fourth-order valence-electron chi connectivity index (χ4n) is 5.81. The van der Waals surface area contributed by atoms with Crippen LogP contribution in [0.1, 0.15) is 59.9 Å². The molecular formula is C39H52ClN7O7. The second-order valence-electron chi connectivity index (χ2n) is 13.2. The average Bonchev–Trinajstić information content (AvgIpc) is 3.13. The van der Waals surface area contributed by atoms with E-state index in [9.17, 15) is 29.1 Å².